The summed E-state index contributed by atoms with van der Waals surface area (Å²) in [6.07, 6.45) is 1.16. The smallest absolute Gasteiger partial charge is 0.253 e. The fourth-order valence-corrected chi connectivity index (χ4v) is 3.00. The molecule has 1 fully saturated rings. The molecule has 28 heavy (non-hydrogen) atoms. The molecule has 0 aromatic heterocycles. The lowest BCUT2D eigenvalue weighted by Gasteiger charge is -2.12. The van der Waals surface area contributed by atoms with E-state index in [1.165, 1.54) is 0 Å². The second-order valence-corrected chi connectivity index (χ2v) is 6.53. The van der Waals surface area contributed by atoms with Gasteiger partial charge < -0.3 is 20.7 Å². The number of benzene rings is 2. The van der Waals surface area contributed by atoms with Crippen molar-refractivity contribution in [1.29, 1.82) is 0 Å². The van der Waals surface area contributed by atoms with E-state index in [1.54, 1.807) is 49.5 Å². The quantitative estimate of drug-likeness (QED) is 0.714. The van der Waals surface area contributed by atoms with Gasteiger partial charge in [0.2, 0.25) is 0 Å². The predicted octanol–water partition coefficient (Wildman–Crippen LogP) is 2.09. The number of carbonyl (C=O) groups is 3. The molecule has 1 unspecified atom stereocenters. The number of carbonyl (C=O) groups excluding carboxylic acids is 3. The van der Waals surface area contributed by atoms with Crippen LogP contribution in [0.2, 0.25) is 0 Å². The Hall–Kier alpha value is -3.19. The van der Waals surface area contributed by atoms with E-state index in [4.69, 9.17) is 4.74 Å². The van der Waals surface area contributed by atoms with Crippen LogP contribution >= 0.6 is 0 Å². The van der Waals surface area contributed by atoms with Gasteiger partial charge in [0.05, 0.1) is 0 Å². The van der Waals surface area contributed by atoms with E-state index < -0.39 is 6.10 Å². The van der Waals surface area contributed by atoms with Crippen molar-refractivity contribution in [3.63, 3.8) is 0 Å². The Kier molecular flexibility index (Phi) is 6.39. The van der Waals surface area contributed by atoms with Crippen molar-refractivity contribution >= 4 is 23.4 Å². The van der Waals surface area contributed by atoms with Gasteiger partial charge in [0.1, 0.15) is 6.10 Å². The van der Waals surface area contributed by atoms with Crippen LogP contribution in [0.4, 0.5) is 5.69 Å². The largest absolute Gasteiger partial charge is 0.368 e. The van der Waals surface area contributed by atoms with E-state index in [9.17, 15) is 14.4 Å². The highest BCUT2D eigenvalue weighted by Gasteiger charge is 2.23. The Bertz CT molecular complexity index is 875. The Balaban J connectivity index is 1.60. The zero-order valence-electron chi connectivity index (χ0n) is 15.7. The second kappa shape index (κ2) is 9.14. The molecule has 1 heterocycles. The van der Waals surface area contributed by atoms with E-state index in [2.05, 4.69) is 16.0 Å². The van der Waals surface area contributed by atoms with Crippen LogP contribution in [-0.2, 0) is 16.1 Å². The molecule has 2 aromatic rings. The van der Waals surface area contributed by atoms with Gasteiger partial charge in [-0.2, -0.15) is 0 Å². The first kappa shape index (κ1) is 19.6. The van der Waals surface area contributed by atoms with E-state index in [-0.39, 0.29) is 24.3 Å². The zero-order chi connectivity index (χ0) is 19.9. The number of anilines is 1. The average molecular weight is 381 g/mol. The normalized spacial score (nSPS) is 15.7. The van der Waals surface area contributed by atoms with Gasteiger partial charge in [0.15, 0.2) is 0 Å². The third-order valence-corrected chi connectivity index (χ3v) is 4.48. The number of ether oxygens (including phenoxy) is 1. The van der Waals surface area contributed by atoms with E-state index in [0.29, 0.717) is 29.8 Å². The second-order valence-electron chi connectivity index (χ2n) is 6.53. The Labute approximate surface area is 163 Å². The third kappa shape index (κ3) is 4.95. The summed E-state index contributed by atoms with van der Waals surface area (Å²) in [5.74, 6) is -0.637. The molecular weight excluding hydrogens is 358 g/mol. The molecular formula is C21H23N3O4. The van der Waals surface area contributed by atoms with Gasteiger partial charge in [-0.05, 0) is 48.7 Å². The molecule has 2 aromatic carbocycles. The highest BCUT2D eigenvalue weighted by atomic mass is 16.5. The molecule has 7 nitrogen and oxygen atoms in total. The van der Waals surface area contributed by atoms with Crippen molar-refractivity contribution in [2.75, 3.05) is 19.0 Å². The number of rotatable bonds is 6. The van der Waals surface area contributed by atoms with E-state index in [1.807, 2.05) is 6.07 Å². The van der Waals surface area contributed by atoms with Crippen molar-refractivity contribution in [3.05, 3.63) is 65.2 Å². The number of hydrogen-bond donors (Lipinski definition) is 3. The predicted molar refractivity (Wildman–Crippen MR) is 105 cm³/mol. The first-order valence-electron chi connectivity index (χ1n) is 9.18. The molecule has 1 aliphatic rings. The van der Waals surface area contributed by atoms with E-state index in [0.717, 1.165) is 12.0 Å². The molecule has 3 rings (SSSR count). The molecule has 3 N–H and O–H groups in total. The SMILES string of the molecule is CNC(=O)c1cccc(CNC(=O)c2cccc(NC(=O)C3CCCO3)c2)c1. The molecule has 1 saturated heterocycles. The zero-order valence-corrected chi connectivity index (χ0v) is 15.7. The molecule has 3 amide bonds. The minimum atomic E-state index is -0.426. The van der Waals surface area contributed by atoms with Crippen molar-refractivity contribution in [2.45, 2.75) is 25.5 Å². The van der Waals surface area contributed by atoms with Crippen molar-refractivity contribution in [1.82, 2.24) is 10.6 Å². The third-order valence-electron chi connectivity index (χ3n) is 4.48. The van der Waals surface area contributed by atoms with Gasteiger partial charge in [-0.3, -0.25) is 14.4 Å². The molecule has 7 heteroatoms. The van der Waals surface area contributed by atoms with Gasteiger partial charge in [-0.25, -0.2) is 0 Å². The van der Waals surface area contributed by atoms with Crippen LogP contribution in [-0.4, -0.2) is 37.5 Å². The maximum Gasteiger partial charge on any atom is 0.253 e. The standard InChI is InChI=1S/C21H23N3O4/c1-22-19(25)15-6-2-5-14(11-15)13-23-20(26)16-7-3-8-17(12-16)24-21(27)18-9-4-10-28-18/h2-3,5-8,11-12,18H,4,9-10,13H2,1H3,(H,22,25)(H,23,26)(H,24,27). The molecule has 0 bridgehead atoms. The summed E-state index contributed by atoms with van der Waals surface area (Å²) in [5.41, 5.74) is 2.34. The van der Waals surface area contributed by atoms with Gasteiger partial charge in [-0.15, -0.1) is 0 Å². The molecule has 0 saturated carbocycles. The van der Waals surface area contributed by atoms with Crippen LogP contribution in [0.1, 0.15) is 39.1 Å². The minimum Gasteiger partial charge on any atom is -0.368 e. The lowest BCUT2D eigenvalue weighted by molar-refractivity contribution is -0.124. The highest BCUT2D eigenvalue weighted by molar-refractivity contribution is 5.98. The summed E-state index contributed by atoms with van der Waals surface area (Å²) in [4.78, 5) is 36.3. The molecule has 0 spiro atoms. The van der Waals surface area contributed by atoms with Crippen molar-refractivity contribution in [3.8, 4) is 0 Å². The minimum absolute atomic E-state index is 0.178. The van der Waals surface area contributed by atoms with Crippen LogP contribution in [0.25, 0.3) is 0 Å². The number of nitrogens with one attached hydrogen (secondary N) is 3. The van der Waals surface area contributed by atoms with Crippen LogP contribution < -0.4 is 16.0 Å². The summed E-state index contributed by atoms with van der Waals surface area (Å²) in [6, 6.07) is 13.8. The molecule has 1 atom stereocenters. The maximum atomic E-state index is 12.5. The van der Waals surface area contributed by atoms with Crippen LogP contribution in [0.15, 0.2) is 48.5 Å². The Morgan fingerprint density at radius 3 is 2.50 bits per heavy atom. The Morgan fingerprint density at radius 1 is 1.04 bits per heavy atom. The summed E-state index contributed by atoms with van der Waals surface area (Å²) >= 11 is 0. The highest BCUT2D eigenvalue weighted by Crippen LogP contribution is 2.16. The van der Waals surface area contributed by atoms with Crippen LogP contribution in [0.5, 0.6) is 0 Å². The molecule has 0 aliphatic carbocycles. The van der Waals surface area contributed by atoms with Gasteiger partial charge in [-0.1, -0.05) is 18.2 Å². The fraction of sp³-hybridized carbons (Fsp3) is 0.286. The lowest BCUT2D eigenvalue weighted by Crippen LogP contribution is -2.27. The molecule has 146 valence electrons. The van der Waals surface area contributed by atoms with Gasteiger partial charge in [0.25, 0.3) is 17.7 Å². The summed E-state index contributed by atoms with van der Waals surface area (Å²) in [7, 11) is 1.57. The number of hydrogen-bond acceptors (Lipinski definition) is 4. The maximum absolute atomic E-state index is 12.5. The summed E-state index contributed by atoms with van der Waals surface area (Å²) < 4.78 is 5.37. The van der Waals surface area contributed by atoms with Crippen LogP contribution in [0, 0.1) is 0 Å². The lowest BCUT2D eigenvalue weighted by atomic mass is 10.1. The average Bonchev–Trinajstić information content (AvgIpc) is 3.27. The van der Waals surface area contributed by atoms with Gasteiger partial charge >= 0.3 is 0 Å². The number of amides is 3. The first-order chi connectivity index (χ1) is 13.6. The Morgan fingerprint density at radius 2 is 1.79 bits per heavy atom. The van der Waals surface area contributed by atoms with Crippen LogP contribution in [0.3, 0.4) is 0 Å². The fourth-order valence-electron chi connectivity index (χ4n) is 3.00. The van der Waals surface area contributed by atoms with E-state index >= 15 is 0 Å². The van der Waals surface area contributed by atoms with Crippen molar-refractivity contribution in [2.24, 2.45) is 0 Å². The van der Waals surface area contributed by atoms with Crippen molar-refractivity contribution < 1.29 is 19.1 Å². The topological polar surface area (TPSA) is 96.5 Å². The summed E-state index contributed by atoms with van der Waals surface area (Å²) in [6.45, 7) is 0.887. The first-order valence-corrected chi connectivity index (χ1v) is 9.18. The molecule has 1 aliphatic heterocycles. The van der Waals surface area contributed by atoms with Gasteiger partial charge in [0, 0.05) is 37.0 Å². The monoisotopic (exact) mass is 381 g/mol. The summed E-state index contributed by atoms with van der Waals surface area (Å²) in [5, 5.41) is 8.19. The molecule has 0 radical (unpaired) electrons.